The number of carbonyl (C=O) groups is 1. The van der Waals surface area contributed by atoms with Crippen LogP contribution in [0.3, 0.4) is 0 Å². The van der Waals surface area contributed by atoms with E-state index in [0.717, 1.165) is 6.42 Å². The molecule has 1 unspecified atom stereocenters. The summed E-state index contributed by atoms with van der Waals surface area (Å²) >= 11 is 0. The van der Waals surface area contributed by atoms with E-state index in [1.165, 1.54) is 6.20 Å². The minimum Gasteiger partial charge on any atom is -0.492 e. The minimum absolute atomic E-state index is 0.102. The second-order valence-electron chi connectivity index (χ2n) is 4.36. The number of rotatable bonds is 6. The first-order chi connectivity index (χ1) is 8.01. The molecule has 0 bridgehead atoms. The number of pyridine rings is 1. The van der Waals surface area contributed by atoms with Crippen molar-refractivity contribution in [3.05, 3.63) is 24.0 Å². The Hall–Kier alpha value is -1.42. The number of carbonyl (C=O) groups excluding carboxylic acids is 1. The van der Waals surface area contributed by atoms with Gasteiger partial charge in [0.15, 0.2) is 5.78 Å². The molecule has 94 valence electrons. The highest BCUT2D eigenvalue weighted by atomic mass is 16.5. The lowest BCUT2D eigenvalue weighted by molar-refractivity contribution is 0.0897. The normalized spacial score (nSPS) is 14.1. The molecule has 4 nitrogen and oxygen atoms in total. The van der Waals surface area contributed by atoms with Crippen LogP contribution in [0.5, 0.6) is 5.75 Å². The molecule has 0 saturated heterocycles. The van der Waals surface area contributed by atoms with Gasteiger partial charge in [-0.25, -0.2) is 0 Å². The lowest BCUT2D eigenvalue weighted by Crippen LogP contribution is -2.44. The third kappa shape index (κ3) is 3.53. The van der Waals surface area contributed by atoms with E-state index >= 15 is 0 Å². The molecule has 2 N–H and O–H groups in total. The van der Waals surface area contributed by atoms with E-state index in [2.05, 4.69) is 4.98 Å². The molecule has 0 aliphatic carbocycles. The van der Waals surface area contributed by atoms with Crippen molar-refractivity contribution in [2.75, 3.05) is 6.61 Å². The quantitative estimate of drug-likeness (QED) is 0.769. The van der Waals surface area contributed by atoms with Crippen molar-refractivity contribution in [2.24, 2.45) is 5.73 Å². The summed E-state index contributed by atoms with van der Waals surface area (Å²) in [5, 5.41) is 0. The summed E-state index contributed by atoms with van der Waals surface area (Å²) < 4.78 is 5.44. The number of nitrogens with two attached hydrogens (primary N) is 1. The Kier molecular flexibility index (Phi) is 4.63. The van der Waals surface area contributed by atoms with Crippen molar-refractivity contribution in [1.82, 2.24) is 4.98 Å². The third-order valence-electron chi connectivity index (χ3n) is 2.70. The van der Waals surface area contributed by atoms with E-state index in [1.807, 2.05) is 13.8 Å². The Labute approximate surface area is 102 Å². The van der Waals surface area contributed by atoms with Gasteiger partial charge in [0, 0.05) is 11.8 Å². The molecule has 1 atom stereocenters. The van der Waals surface area contributed by atoms with E-state index in [-0.39, 0.29) is 5.78 Å². The minimum atomic E-state index is -0.842. The van der Waals surface area contributed by atoms with Gasteiger partial charge < -0.3 is 10.5 Å². The highest BCUT2D eigenvalue weighted by molar-refractivity contribution is 6.02. The third-order valence-corrected chi connectivity index (χ3v) is 2.70. The standard InChI is InChI=1S/C13H20N2O2/c1-4-6-17-11-7-10(8-15-9-11)12(16)13(3,14)5-2/h7-9H,4-6,14H2,1-3H3. The molecular formula is C13H20N2O2. The summed E-state index contributed by atoms with van der Waals surface area (Å²) in [6.45, 7) is 6.27. The van der Waals surface area contributed by atoms with Crippen molar-refractivity contribution in [2.45, 2.75) is 39.2 Å². The SMILES string of the molecule is CCCOc1cncc(C(=O)C(C)(N)CC)c1. The van der Waals surface area contributed by atoms with Crippen LogP contribution in [0, 0.1) is 0 Å². The van der Waals surface area contributed by atoms with Gasteiger partial charge in [0.25, 0.3) is 0 Å². The number of nitrogens with zero attached hydrogens (tertiary/aromatic N) is 1. The molecule has 0 radical (unpaired) electrons. The smallest absolute Gasteiger partial charge is 0.184 e. The van der Waals surface area contributed by atoms with Gasteiger partial charge in [-0.15, -0.1) is 0 Å². The second kappa shape index (κ2) is 5.77. The summed E-state index contributed by atoms with van der Waals surface area (Å²) in [6, 6.07) is 1.70. The van der Waals surface area contributed by atoms with Gasteiger partial charge in [-0.1, -0.05) is 13.8 Å². The molecule has 4 heteroatoms. The Morgan fingerprint density at radius 1 is 1.47 bits per heavy atom. The molecule has 17 heavy (non-hydrogen) atoms. The number of aromatic nitrogens is 1. The summed E-state index contributed by atoms with van der Waals surface area (Å²) in [5.41, 5.74) is 5.59. The van der Waals surface area contributed by atoms with Gasteiger partial charge in [-0.3, -0.25) is 9.78 Å². The van der Waals surface area contributed by atoms with Gasteiger partial charge in [-0.2, -0.15) is 0 Å². The molecule has 1 aromatic rings. The number of hydrogen-bond donors (Lipinski definition) is 1. The predicted molar refractivity (Wildman–Crippen MR) is 67.2 cm³/mol. The zero-order valence-corrected chi connectivity index (χ0v) is 10.7. The lowest BCUT2D eigenvalue weighted by atomic mass is 9.90. The molecule has 1 heterocycles. The fourth-order valence-corrected chi connectivity index (χ4v) is 1.33. The van der Waals surface area contributed by atoms with Crippen LogP contribution < -0.4 is 10.5 Å². The monoisotopic (exact) mass is 236 g/mol. The fourth-order valence-electron chi connectivity index (χ4n) is 1.33. The molecule has 0 aliphatic heterocycles. The Morgan fingerprint density at radius 3 is 2.76 bits per heavy atom. The largest absolute Gasteiger partial charge is 0.492 e. The maximum absolute atomic E-state index is 12.1. The first kappa shape index (κ1) is 13.6. The molecule has 0 aromatic carbocycles. The van der Waals surface area contributed by atoms with Gasteiger partial charge in [-0.05, 0) is 25.8 Å². The topological polar surface area (TPSA) is 65.2 Å². The summed E-state index contributed by atoms with van der Waals surface area (Å²) in [4.78, 5) is 16.1. The van der Waals surface area contributed by atoms with Crippen molar-refractivity contribution in [3.63, 3.8) is 0 Å². The first-order valence-electron chi connectivity index (χ1n) is 5.92. The van der Waals surface area contributed by atoms with Crippen LogP contribution in [-0.4, -0.2) is 22.9 Å². The first-order valence-corrected chi connectivity index (χ1v) is 5.92. The zero-order valence-electron chi connectivity index (χ0n) is 10.7. The van der Waals surface area contributed by atoms with Crippen molar-refractivity contribution in [1.29, 1.82) is 0 Å². The van der Waals surface area contributed by atoms with E-state index in [1.54, 1.807) is 19.2 Å². The molecule has 0 aliphatic rings. The fraction of sp³-hybridized carbons (Fsp3) is 0.538. The van der Waals surface area contributed by atoms with Crippen LogP contribution in [-0.2, 0) is 0 Å². The number of ether oxygens (including phenoxy) is 1. The molecule has 0 spiro atoms. The molecule has 0 saturated carbocycles. The number of hydrogen-bond acceptors (Lipinski definition) is 4. The Bertz CT molecular complexity index is 389. The Morgan fingerprint density at radius 2 is 2.18 bits per heavy atom. The highest BCUT2D eigenvalue weighted by Crippen LogP contribution is 2.17. The van der Waals surface area contributed by atoms with E-state index in [9.17, 15) is 4.79 Å². The predicted octanol–water partition coefficient (Wildman–Crippen LogP) is 2.18. The van der Waals surface area contributed by atoms with Crippen LogP contribution in [0.25, 0.3) is 0 Å². The highest BCUT2D eigenvalue weighted by Gasteiger charge is 2.27. The van der Waals surface area contributed by atoms with Crippen LogP contribution in [0.4, 0.5) is 0 Å². The summed E-state index contributed by atoms with van der Waals surface area (Å²) in [7, 11) is 0. The van der Waals surface area contributed by atoms with E-state index in [4.69, 9.17) is 10.5 Å². The van der Waals surface area contributed by atoms with Crippen molar-refractivity contribution < 1.29 is 9.53 Å². The molecule has 0 amide bonds. The second-order valence-corrected chi connectivity index (χ2v) is 4.36. The van der Waals surface area contributed by atoms with Crippen LogP contribution in [0.15, 0.2) is 18.5 Å². The van der Waals surface area contributed by atoms with Crippen molar-refractivity contribution in [3.8, 4) is 5.75 Å². The van der Waals surface area contributed by atoms with Gasteiger partial charge in [0.05, 0.1) is 18.3 Å². The van der Waals surface area contributed by atoms with Crippen LogP contribution >= 0.6 is 0 Å². The average molecular weight is 236 g/mol. The van der Waals surface area contributed by atoms with Gasteiger partial charge in [0.2, 0.25) is 0 Å². The van der Waals surface area contributed by atoms with E-state index in [0.29, 0.717) is 24.3 Å². The maximum atomic E-state index is 12.1. The van der Waals surface area contributed by atoms with E-state index < -0.39 is 5.54 Å². The zero-order chi connectivity index (χ0) is 12.9. The molecule has 0 fully saturated rings. The molecule has 1 aromatic heterocycles. The lowest BCUT2D eigenvalue weighted by Gasteiger charge is -2.20. The Balaban J connectivity index is 2.88. The molecule has 1 rings (SSSR count). The van der Waals surface area contributed by atoms with Crippen molar-refractivity contribution >= 4 is 5.78 Å². The molecular weight excluding hydrogens is 216 g/mol. The van der Waals surface area contributed by atoms with Crippen LogP contribution in [0.2, 0.25) is 0 Å². The van der Waals surface area contributed by atoms with Gasteiger partial charge in [0.1, 0.15) is 5.75 Å². The maximum Gasteiger partial charge on any atom is 0.184 e. The number of Topliss-reactive ketones (excluding diaryl/α,β-unsaturated/α-hetero) is 1. The van der Waals surface area contributed by atoms with Gasteiger partial charge >= 0.3 is 0 Å². The van der Waals surface area contributed by atoms with Crippen LogP contribution in [0.1, 0.15) is 44.0 Å². The number of ketones is 1. The average Bonchev–Trinajstić information content (AvgIpc) is 2.35. The summed E-state index contributed by atoms with van der Waals surface area (Å²) in [5.74, 6) is 0.513. The summed E-state index contributed by atoms with van der Waals surface area (Å²) in [6.07, 6.45) is 4.64.